The largest absolute Gasteiger partial charge is 0.416 e. The first-order valence-electron chi connectivity index (χ1n) is 13.1. The van der Waals surface area contributed by atoms with Crippen molar-refractivity contribution in [1.29, 1.82) is 0 Å². The van der Waals surface area contributed by atoms with E-state index in [0.29, 0.717) is 44.5 Å². The summed E-state index contributed by atoms with van der Waals surface area (Å²) in [4.78, 5) is 30.8. The third kappa shape index (κ3) is 5.06. The van der Waals surface area contributed by atoms with Gasteiger partial charge in [-0.05, 0) is 54.4 Å². The second-order valence-corrected chi connectivity index (χ2v) is 10.2. The van der Waals surface area contributed by atoms with Crippen LogP contribution in [0.25, 0.3) is 0 Å². The zero-order valence-corrected chi connectivity index (χ0v) is 21.2. The van der Waals surface area contributed by atoms with Gasteiger partial charge >= 0.3 is 6.18 Å². The molecule has 38 heavy (non-hydrogen) atoms. The fourth-order valence-electron chi connectivity index (χ4n) is 6.01. The van der Waals surface area contributed by atoms with Crippen LogP contribution in [0.3, 0.4) is 0 Å². The van der Waals surface area contributed by atoms with E-state index in [1.165, 1.54) is 12.1 Å². The molecule has 2 saturated heterocycles. The third-order valence-corrected chi connectivity index (χ3v) is 8.02. The molecule has 0 aliphatic carbocycles. The maximum Gasteiger partial charge on any atom is 0.416 e. The van der Waals surface area contributed by atoms with Gasteiger partial charge in [0.1, 0.15) is 0 Å². The van der Waals surface area contributed by atoms with Crippen LogP contribution in [0.1, 0.15) is 53.9 Å². The number of likely N-dealkylation sites (tertiary alicyclic amines) is 2. The molecule has 5 rings (SSSR count). The molecule has 0 bridgehead atoms. The van der Waals surface area contributed by atoms with Crippen LogP contribution >= 0.6 is 0 Å². The zero-order chi connectivity index (χ0) is 26.8. The van der Waals surface area contributed by atoms with E-state index in [0.717, 1.165) is 23.6 Å². The highest BCUT2D eigenvalue weighted by Gasteiger charge is 2.47. The van der Waals surface area contributed by atoms with Gasteiger partial charge < -0.3 is 9.80 Å². The fraction of sp³-hybridized carbons (Fsp3) is 0.355. The fourth-order valence-corrected chi connectivity index (χ4v) is 6.01. The molecule has 0 unspecified atom stereocenters. The van der Waals surface area contributed by atoms with Crippen LogP contribution in [0.15, 0.2) is 84.9 Å². The lowest BCUT2D eigenvalue weighted by Gasteiger charge is -2.43. The smallest absolute Gasteiger partial charge is 0.341 e. The van der Waals surface area contributed by atoms with Gasteiger partial charge in [0.15, 0.2) is 0 Å². The van der Waals surface area contributed by atoms with E-state index in [1.807, 2.05) is 60.7 Å². The van der Waals surface area contributed by atoms with E-state index in [2.05, 4.69) is 0 Å². The molecule has 3 aromatic rings. The molecule has 0 spiro atoms. The summed E-state index contributed by atoms with van der Waals surface area (Å²) >= 11 is 0. The first-order chi connectivity index (χ1) is 18.3. The van der Waals surface area contributed by atoms with Crippen LogP contribution in [-0.2, 0) is 21.2 Å². The Bertz CT molecular complexity index is 1230. The number of carbonyl (C=O) groups is 2. The van der Waals surface area contributed by atoms with E-state index in [-0.39, 0.29) is 24.3 Å². The molecule has 0 aromatic heterocycles. The average molecular weight is 521 g/mol. The summed E-state index contributed by atoms with van der Waals surface area (Å²) in [6, 6.07) is 25.0. The van der Waals surface area contributed by atoms with Gasteiger partial charge in [0.05, 0.1) is 17.5 Å². The van der Waals surface area contributed by atoms with Crippen LogP contribution in [-0.4, -0.2) is 47.8 Å². The summed E-state index contributed by atoms with van der Waals surface area (Å²) in [6.45, 7) is 1.45. The lowest BCUT2D eigenvalue weighted by Crippen LogP contribution is -2.55. The topological polar surface area (TPSA) is 40.6 Å². The molecule has 2 heterocycles. The standard InChI is InChI=1S/C31H31F3N2O2/c32-31(33,34)27-14-7-9-24(21-27)23-15-19-35(20-16-23)28(37)22-36-18-8-17-30(29(36)38,25-10-3-1-4-11-25)26-12-5-2-6-13-26/h1-7,9-14,21,23H,8,15-20,22H2. The number of alkyl halides is 3. The average Bonchev–Trinajstić information content (AvgIpc) is 2.95. The van der Waals surface area contributed by atoms with Crippen LogP contribution in [0.2, 0.25) is 0 Å². The lowest BCUT2D eigenvalue weighted by molar-refractivity contribution is -0.146. The molecule has 2 aliphatic rings. The van der Waals surface area contributed by atoms with Crippen molar-refractivity contribution < 1.29 is 22.8 Å². The van der Waals surface area contributed by atoms with Crippen LogP contribution in [0.5, 0.6) is 0 Å². The minimum Gasteiger partial charge on any atom is -0.341 e. The first kappa shape index (κ1) is 26.0. The Morgan fingerprint density at radius 1 is 0.842 bits per heavy atom. The van der Waals surface area contributed by atoms with E-state index < -0.39 is 17.2 Å². The normalized spacial score (nSPS) is 18.4. The van der Waals surface area contributed by atoms with E-state index in [9.17, 15) is 22.8 Å². The second kappa shape index (κ2) is 10.6. The summed E-state index contributed by atoms with van der Waals surface area (Å²) < 4.78 is 39.4. The number of carbonyl (C=O) groups excluding carboxylic acids is 2. The molecule has 0 radical (unpaired) electrons. The van der Waals surface area contributed by atoms with E-state index in [1.54, 1.807) is 15.9 Å². The van der Waals surface area contributed by atoms with Crippen molar-refractivity contribution in [2.45, 2.75) is 43.2 Å². The van der Waals surface area contributed by atoms with Gasteiger partial charge in [0.25, 0.3) is 0 Å². The van der Waals surface area contributed by atoms with Crippen LogP contribution in [0.4, 0.5) is 13.2 Å². The maximum atomic E-state index is 14.1. The summed E-state index contributed by atoms with van der Waals surface area (Å²) in [7, 11) is 0. The second-order valence-electron chi connectivity index (χ2n) is 10.2. The number of halogens is 3. The molecule has 2 aliphatic heterocycles. The highest BCUT2D eigenvalue weighted by Crippen LogP contribution is 2.41. The van der Waals surface area contributed by atoms with Crippen molar-refractivity contribution in [2.75, 3.05) is 26.2 Å². The monoisotopic (exact) mass is 520 g/mol. The SMILES string of the molecule is O=C(CN1CCCC(c2ccccc2)(c2ccccc2)C1=O)N1CCC(c2cccc(C(F)(F)F)c2)CC1. The molecule has 0 atom stereocenters. The molecular formula is C31H31F3N2O2. The highest BCUT2D eigenvalue weighted by molar-refractivity contribution is 5.95. The van der Waals surface area contributed by atoms with E-state index >= 15 is 0 Å². The molecule has 2 amide bonds. The Morgan fingerprint density at radius 2 is 1.45 bits per heavy atom. The summed E-state index contributed by atoms with van der Waals surface area (Å²) in [6.07, 6.45) is -1.73. The van der Waals surface area contributed by atoms with Crippen molar-refractivity contribution in [1.82, 2.24) is 9.80 Å². The van der Waals surface area contributed by atoms with Crippen LogP contribution in [0, 0.1) is 0 Å². The third-order valence-electron chi connectivity index (χ3n) is 8.02. The van der Waals surface area contributed by atoms with Gasteiger partial charge in [-0.2, -0.15) is 13.2 Å². The minimum absolute atomic E-state index is 0.00841. The van der Waals surface area contributed by atoms with Crippen molar-refractivity contribution in [3.63, 3.8) is 0 Å². The molecule has 4 nitrogen and oxygen atoms in total. The van der Waals surface area contributed by atoms with Gasteiger partial charge in [-0.1, -0.05) is 78.9 Å². The minimum atomic E-state index is -4.37. The molecular weight excluding hydrogens is 489 g/mol. The molecule has 0 saturated carbocycles. The quantitative estimate of drug-likeness (QED) is 0.413. The number of nitrogens with zero attached hydrogens (tertiary/aromatic N) is 2. The Labute approximate surface area is 221 Å². The maximum absolute atomic E-state index is 14.1. The molecule has 198 valence electrons. The summed E-state index contributed by atoms with van der Waals surface area (Å²) in [5.41, 5.74) is 1.04. The number of benzene rings is 3. The number of hydrogen-bond acceptors (Lipinski definition) is 2. The summed E-state index contributed by atoms with van der Waals surface area (Å²) in [5, 5.41) is 0. The van der Waals surface area contributed by atoms with E-state index in [4.69, 9.17) is 0 Å². The van der Waals surface area contributed by atoms with Crippen molar-refractivity contribution >= 4 is 11.8 Å². The number of hydrogen-bond donors (Lipinski definition) is 0. The molecule has 2 fully saturated rings. The van der Waals surface area contributed by atoms with Gasteiger partial charge in [-0.25, -0.2) is 0 Å². The van der Waals surface area contributed by atoms with Gasteiger partial charge in [-0.3, -0.25) is 9.59 Å². The van der Waals surface area contributed by atoms with Crippen molar-refractivity contribution in [2.24, 2.45) is 0 Å². The Balaban J connectivity index is 1.28. The Morgan fingerprint density at radius 3 is 2.03 bits per heavy atom. The zero-order valence-electron chi connectivity index (χ0n) is 21.2. The molecule has 7 heteroatoms. The predicted molar refractivity (Wildman–Crippen MR) is 139 cm³/mol. The van der Waals surface area contributed by atoms with Crippen molar-refractivity contribution in [3.8, 4) is 0 Å². The Hall–Kier alpha value is -3.61. The van der Waals surface area contributed by atoms with Gasteiger partial charge in [0, 0.05) is 19.6 Å². The summed E-state index contributed by atoms with van der Waals surface area (Å²) in [5.74, 6) is -0.201. The number of piperidine rings is 2. The van der Waals surface area contributed by atoms with Gasteiger partial charge in [-0.15, -0.1) is 0 Å². The predicted octanol–water partition coefficient (Wildman–Crippen LogP) is 6.02. The van der Waals surface area contributed by atoms with Crippen molar-refractivity contribution in [3.05, 3.63) is 107 Å². The lowest BCUT2D eigenvalue weighted by atomic mass is 9.68. The van der Waals surface area contributed by atoms with Crippen LogP contribution < -0.4 is 0 Å². The highest BCUT2D eigenvalue weighted by atomic mass is 19.4. The number of rotatable bonds is 5. The first-order valence-corrected chi connectivity index (χ1v) is 13.1. The number of amides is 2. The molecule has 3 aromatic carbocycles. The Kier molecular flexibility index (Phi) is 7.28. The molecule has 0 N–H and O–H groups in total. The van der Waals surface area contributed by atoms with Gasteiger partial charge in [0.2, 0.25) is 11.8 Å².